The highest BCUT2D eigenvalue weighted by Crippen LogP contribution is 2.30. The number of nitrogens with one attached hydrogen (secondary N) is 1. The van der Waals surface area contributed by atoms with Crippen molar-refractivity contribution in [3.63, 3.8) is 0 Å². The normalized spacial score (nSPS) is 30.0. The minimum absolute atomic E-state index is 0.0420. The lowest BCUT2D eigenvalue weighted by Gasteiger charge is -2.50. The van der Waals surface area contributed by atoms with Gasteiger partial charge in [-0.3, -0.25) is 4.90 Å². The molecule has 0 amide bonds. The largest absolute Gasteiger partial charge is 0.367 e. The smallest absolute Gasteiger partial charge is 0.0760 e. The van der Waals surface area contributed by atoms with Gasteiger partial charge in [-0.15, -0.1) is 0 Å². The van der Waals surface area contributed by atoms with Gasteiger partial charge in [0, 0.05) is 25.2 Å². The first kappa shape index (κ1) is 15.3. The van der Waals surface area contributed by atoms with E-state index in [1.807, 2.05) is 0 Å². The first-order chi connectivity index (χ1) is 8.69. The first-order valence-electron chi connectivity index (χ1n) is 7.86. The number of rotatable bonds is 5. The molecule has 2 atom stereocenters. The van der Waals surface area contributed by atoms with Crippen molar-refractivity contribution in [3.05, 3.63) is 0 Å². The average molecular weight is 268 g/mol. The van der Waals surface area contributed by atoms with Gasteiger partial charge in [0.2, 0.25) is 0 Å². The molecule has 3 nitrogen and oxygen atoms in total. The molecule has 112 valence electrons. The van der Waals surface area contributed by atoms with Gasteiger partial charge in [-0.25, -0.2) is 0 Å². The SMILES string of the molecule is CC(CNC1CC1)C(C)N1CC(C)(C)OC(C)(C)C1. The highest BCUT2D eigenvalue weighted by molar-refractivity contribution is 4.92. The van der Waals surface area contributed by atoms with Gasteiger partial charge in [-0.2, -0.15) is 0 Å². The molecular formula is C16H32N2O. The molecule has 19 heavy (non-hydrogen) atoms. The number of nitrogens with zero attached hydrogens (tertiary/aromatic N) is 1. The van der Waals surface area contributed by atoms with E-state index in [4.69, 9.17) is 4.74 Å². The summed E-state index contributed by atoms with van der Waals surface area (Å²) in [6, 6.07) is 1.42. The van der Waals surface area contributed by atoms with Crippen LogP contribution in [0.3, 0.4) is 0 Å². The van der Waals surface area contributed by atoms with Gasteiger partial charge in [0.1, 0.15) is 0 Å². The lowest BCUT2D eigenvalue weighted by molar-refractivity contribution is -0.189. The van der Waals surface area contributed by atoms with Crippen LogP contribution in [0.5, 0.6) is 0 Å². The Bertz CT molecular complexity index is 294. The first-order valence-corrected chi connectivity index (χ1v) is 7.86. The summed E-state index contributed by atoms with van der Waals surface area (Å²) in [5, 5.41) is 3.66. The molecule has 2 aliphatic rings. The van der Waals surface area contributed by atoms with Crippen molar-refractivity contribution < 1.29 is 4.74 Å². The van der Waals surface area contributed by atoms with E-state index in [1.165, 1.54) is 12.8 Å². The second-order valence-corrected chi connectivity index (χ2v) is 7.93. The Morgan fingerprint density at radius 1 is 1.11 bits per heavy atom. The second-order valence-electron chi connectivity index (χ2n) is 7.93. The van der Waals surface area contributed by atoms with Gasteiger partial charge in [0.25, 0.3) is 0 Å². The third-order valence-electron chi connectivity index (χ3n) is 4.43. The summed E-state index contributed by atoms with van der Waals surface area (Å²) >= 11 is 0. The molecule has 1 aliphatic carbocycles. The molecule has 0 aromatic carbocycles. The zero-order valence-corrected chi connectivity index (χ0v) is 13.6. The Morgan fingerprint density at radius 2 is 1.63 bits per heavy atom. The van der Waals surface area contributed by atoms with E-state index >= 15 is 0 Å². The predicted molar refractivity (Wildman–Crippen MR) is 80.5 cm³/mol. The van der Waals surface area contributed by atoms with Gasteiger partial charge in [-0.1, -0.05) is 6.92 Å². The quantitative estimate of drug-likeness (QED) is 0.829. The molecule has 1 aliphatic heterocycles. The maximum Gasteiger partial charge on any atom is 0.0760 e. The van der Waals surface area contributed by atoms with Gasteiger partial charge in [0.05, 0.1) is 11.2 Å². The molecule has 2 rings (SSSR count). The van der Waals surface area contributed by atoms with Crippen LogP contribution >= 0.6 is 0 Å². The summed E-state index contributed by atoms with van der Waals surface area (Å²) < 4.78 is 6.17. The van der Waals surface area contributed by atoms with Crippen LogP contribution in [0.2, 0.25) is 0 Å². The summed E-state index contributed by atoms with van der Waals surface area (Å²) in [7, 11) is 0. The van der Waals surface area contributed by atoms with Crippen LogP contribution in [0.1, 0.15) is 54.4 Å². The van der Waals surface area contributed by atoms with Crippen molar-refractivity contribution in [2.45, 2.75) is 77.7 Å². The zero-order valence-electron chi connectivity index (χ0n) is 13.6. The van der Waals surface area contributed by atoms with E-state index in [0.717, 1.165) is 25.7 Å². The van der Waals surface area contributed by atoms with Crippen molar-refractivity contribution in [1.82, 2.24) is 10.2 Å². The summed E-state index contributed by atoms with van der Waals surface area (Å²) in [5.74, 6) is 0.685. The maximum absolute atomic E-state index is 6.17. The van der Waals surface area contributed by atoms with Crippen molar-refractivity contribution in [2.24, 2.45) is 5.92 Å². The van der Waals surface area contributed by atoms with Crippen LogP contribution in [0.15, 0.2) is 0 Å². The fourth-order valence-electron chi connectivity index (χ4n) is 3.31. The van der Waals surface area contributed by atoms with Crippen molar-refractivity contribution in [1.29, 1.82) is 0 Å². The molecule has 1 saturated carbocycles. The number of morpholine rings is 1. The summed E-state index contributed by atoms with van der Waals surface area (Å²) in [6.07, 6.45) is 2.75. The number of ether oxygens (including phenoxy) is 1. The third-order valence-corrected chi connectivity index (χ3v) is 4.43. The molecule has 0 spiro atoms. The van der Waals surface area contributed by atoms with E-state index in [-0.39, 0.29) is 11.2 Å². The minimum atomic E-state index is -0.0420. The van der Waals surface area contributed by atoms with Crippen molar-refractivity contribution in [3.8, 4) is 0 Å². The Kier molecular flexibility index (Phi) is 4.29. The van der Waals surface area contributed by atoms with Gasteiger partial charge in [-0.05, 0) is 59.9 Å². The average Bonchev–Trinajstić information content (AvgIpc) is 3.04. The molecule has 3 heteroatoms. The Labute approximate surface area is 119 Å². The molecule has 1 N–H and O–H groups in total. The fourth-order valence-corrected chi connectivity index (χ4v) is 3.31. The van der Waals surface area contributed by atoms with Crippen LogP contribution in [0, 0.1) is 5.92 Å². The maximum atomic E-state index is 6.17. The lowest BCUT2D eigenvalue weighted by atomic mass is 9.93. The standard InChI is InChI=1S/C16H32N2O/c1-12(9-17-14-7-8-14)13(2)18-10-15(3,4)19-16(5,6)11-18/h12-14,17H,7-11H2,1-6H3. The Hall–Kier alpha value is -0.120. The van der Waals surface area contributed by atoms with E-state index in [0.29, 0.717) is 12.0 Å². The van der Waals surface area contributed by atoms with Crippen LogP contribution in [-0.4, -0.2) is 47.8 Å². The van der Waals surface area contributed by atoms with Gasteiger partial charge < -0.3 is 10.1 Å². The van der Waals surface area contributed by atoms with Crippen LogP contribution in [-0.2, 0) is 4.74 Å². The van der Waals surface area contributed by atoms with Crippen molar-refractivity contribution >= 4 is 0 Å². The minimum Gasteiger partial charge on any atom is -0.367 e. The fraction of sp³-hybridized carbons (Fsp3) is 1.00. The Morgan fingerprint density at radius 3 is 2.11 bits per heavy atom. The van der Waals surface area contributed by atoms with Crippen LogP contribution in [0.4, 0.5) is 0 Å². The number of hydrogen-bond donors (Lipinski definition) is 1. The lowest BCUT2D eigenvalue weighted by Crippen LogP contribution is -2.60. The molecule has 2 fully saturated rings. The Balaban J connectivity index is 1.90. The monoisotopic (exact) mass is 268 g/mol. The van der Waals surface area contributed by atoms with E-state index in [9.17, 15) is 0 Å². The summed E-state index contributed by atoms with van der Waals surface area (Å²) in [5.41, 5.74) is -0.0840. The molecular weight excluding hydrogens is 236 g/mol. The van der Waals surface area contributed by atoms with Crippen molar-refractivity contribution in [2.75, 3.05) is 19.6 Å². The molecule has 0 radical (unpaired) electrons. The third kappa shape index (κ3) is 4.44. The van der Waals surface area contributed by atoms with Crippen LogP contribution in [0.25, 0.3) is 0 Å². The molecule has 1 saturated heterocycles. The van der Waals surface area contributed by atoms with E-state index in [2.05, 4.69) is 51.8 Å². The summed E-state index contributed by atoms with van der Waals surface area (Å²) in [4.78, 5) is 2.61. The molecule has 1 heterocycles. The topological polar surface area (TPSA) is 24.5 Å². The van der Waals surface area contributed by atoms with Crippen LogP contribution < -0.4 is 5.32 Å². The predicted octanol–water partition coefficient (Wildman–Crippen LogP) is 2.65. The highest BCUT2D eigenvalue weighted by Gasteiger charge is 2.40. The van der Waals surface area contributed by atoms with Gasteiger partial charge >= 0.3 is 0 Å². The molecule has 0 aromatic heterocycles. The summed E-state index contributed by atoms with van der Waals surface area (Å²) in [6.45, 7) is 16.8. The highest BCUT2D eigenvalue weighted by atomic mass is 16.5. The molecule has 0 bridgehead atoms. The van der Waals surface area contributed by atoms with E-state index < -0.39 is 0 Å². The zero-order chi connectivity index (χ0) is 14.3. The second kappa shape index (κ2) is 5.34. The molecule has 0 aromatic rings. The molecule has 2 unspecified atom stereocenters. The van der Waals surface area contributed by atoms with Gasteiger partial charge in [0.15, 0.2) is 0 Å². The number of hydrogen-bond acceptors (Lipinski definition) is 3. The van der Waals surface area contributed by atoms with E-state index in [1.54, 1.807) is 0 Å².